The molecular formula is C27H18ClN3O. The van der Waals surface area contributed by atoms with Gasteiger partial charge in [0.05, 0.1) is 22.1 Å². The van der Waals surface area contributed by atoms with Crippen molar-refractivity contribution in [3.05, 3.63) is 89.1 Å². The third kappa shape index (κ3) is 2.20. The maximum Gasteiger partial charge on any atom is 0.220 e. The fourth-order valence-corrected chi connectivity index (χ4v) is 5.43. The van der Waals surface area contributed by atoms with Crippen molar-refractivity contribution in [1.82, 2.24) is 14.0 Å². The summed E-state index contributed by atoms with van der Waals surface area (Å²) in [6.45, 7) is 4.26. The van der Waals surface area contributed by atoms with Crippen molar-refractivity contribution in [3.8, 4) is 5.69 Å². The number of nitrogens with zero attached hydrogens (tertiary/aromatic N) is 3. The Kier molecular flexibility index (Phi) is 3.43. The SMILES string of the molecule is Cc1cc(C)c2c(c1)nc1n(-c3c(Cl)oc4ccccc34)c3cccc4cccc(c43)n21. The van der Waals surface area contributed by atoms with E-state index in [0.717, 1.165) is 44.5 Å². The molecule has 4 nitrogen and oxygen atoms in total. The molecule has 4 aromatic carbocycles. The van der Waals surface area contributed by atoms with Crippen LogP contribution in [-0.2, 0) is 0 Å². The van der Waals surface area contributed by atoms with Crippen LogP contribution in [-0.4, -0.2) is 14.0 Å². The number of aromatic nitrogens is 3. The first-order valence-corrected chi connectivity index (χ1v) is 11.0. The van der Waals surface area contributed by atoms with Gasteiger partial charge < -0.3 is 4.42 Å². The van der Waals surface area contributed by atoms with Crippen LogP contribution in [0.4, 0.5) is 0 Å². The van der Waals surface area contributed by atoms with E-state index < -0.39 is 0 Å². The Labute approximate surface area is 188 Å². The molecule has 0 N–H and O–H groups in total. The monoisotopic (exact) mass is 435 g/mol. The van der Waals surface area contributed by atoms with Crippen molar-refractivity contribution < 1.29 is 4.42 Å². The van der Waals surface area contributed by atoms with E-state index >= 15 is 0 Å². The largest absolute Gasteiger partial charge is 0.442 e. The Bertz CT molecular complexity index is 1860. The van der Waals surface area contributed by atoms with Crippen molar-refractivity contribution in [2.75, 3.05) is 0 Å². The second kappa shape index (κ2) is 6.15. The fourth-order valence-electron chi connectivity index (χ4n) is 5.16. The molecule has 0 aliphatic rings. The lowest BCUT2D eigenvalue weighted by Gasteiger charge is -2.17. The lowest BCUT2D eigenvalue weighted by atomic mass is 10.1. The van der Waals surface area contributed by atoms with E-state index in [0.29, 0.717) is 5.22 Å². The summed E-state index contributed by atoms with van der Waals surface area (Å²) in [5.74, 6) is 0.813. The third-order valence-electron chi connectivity index (χ3n) is 6.36. The molecule has 0 bridgehead atoms. The van der Waals surface area contributed by atoms with Crippen LogP contribution in [0.1, 0.15) is 11.1 Å². The van der Waals surface area contributed by atoms with Gasteiger partial charge in [-0.2, -0.15) is 0 Å². The Morgan fingerprint density at radius 3 is 2.50 bits per heavy atom. The van der Waals surface area contributed by atoms with Gasteiger partial charge in [0.2, 0.25) is 11.0 Å². The second-order valence-electron chi connectivity index (χ2n) is 8.41. The molecule has 0 amide bonds. The number of benzene rings is 4. The third-order valence-corrected chi connectivity index (χ3v) is 6.62. The van der Waals surface area contributed by atoms with E-state index in [4.69, 9.17) is 21.0 Å². The van der Waals surface area contributed by atoms with Crippen molar-refractivity contribution in [3.63, 3.8) is 0 Å². The van der Waals surface area contributed by atoms with E-state index in [1.54, 1.807) is 0 Å². The lowest BCUT2D eigenvalue weighted by molar-refractivity contribution is 0.615. The highest BCUT2D eigenvalue weighted by Gasteiger charge is 2.23. The quantitative estimate of drug-likeness (QED) is 0.266. The molecule has 7 rings (SSSR count). The van der Waals surface area contributed by atoms with Gasteiger partial charge in [0.1, 0.15) is 11.3 Å². The first-order chi connectivity index (χ1) is 15.6. The molecule has 0 unspecified atom stereocenters. The summed E-state index contributed by atoms with van der Waals surface area (Å²) in [7, 11) is 0. The normalized spacial score (nSPS) is 12.2. The molecule has 3 heterocycles. The summed E-state index contributed by atoms with van der Waals surface area (Å²) in [5, 5.41) is 3.66. The zero-order chi connectivity index (χ0) is 21.6. The standard InChI is InChI=1S/C27H18ClN3O/c1-15-13-16(2)24-19(14-15)29-27-30(24)20-10-5-7-17-8-6-11-21(23(17)20)31(27)25-18-9-3-4-12-22(18)32-26(25)28/h3-14H,1-2H3. The van der Waals surface area contributed by atoms with Gasteiger partial charge in [-0.1, -0.05) is 42.5 Å². The average Bonchev–Trinajstić information content (AvgIpc) is 3.32. The van der Waals surface area contributed by atoms with Gasteiger partial charge in [0.25, 0.3) is 0 Å². The summed E-state index contributed by atoms with van der Waals surface area (Å²) in [5.41, 5.74) is 8.21. The Balaban J connectivity index is 1.84. The van der Waals surface area contributed by atoms with Crippen LogP contribution in [0, 0.1) is 13.8 Å². The number of rotatable bonds is 1. The van der Waals surface area contributed by atoms with Crippen LogP contribution in [0.15, 0.2) is 77.2 Å². The minimum atomic E-state index is 0.356. The van der Waals surface area contributed by atoms with Gasteiger partial charge in [0.15, 0.2) is 0 Å². The number of aryl methyl sites for hydroxylation is 2. The van der Waals surface area contributed by atoms with Crippen LogP contribution in [0.3, 0.4) is 0 Å². The van der Waals surface area contributed by atoms with E-state index in [1.165, 1.54) is 21.9 Å². The summed E-state index contributed by atoms with van der Waals surface area (Å²) in [4.78, 5) is 5.13. The predicted octanol–water partition coefficient (Wildman–Crippen LogP) is 7.60. The molecule has 0 fully saturated rings. The van der Waals surface area contributed by atoms with E-state index in [1.807, 2.05) is 24.3 Å². The smallest absolute Gasteiger partial charge is 0.220 e. The summed E-state index contributed by atoms with van der Waals surface area (Å²) < 4.78 is 10.4. The Hall–Kier alpha value is -3.76. The number of fused-ring (bicyclic) bond motifs is 5. The van der Waals surface area contributed by atoms with Crippen molar-refractivity contribution >= 4 is 61.2 Å². The van der Waals surface area contributed by atoms with E-state index in [9.17, 15) is 0 Å². The number of furan rings is 1. The van der Waals surface area contributed by atoms with Gasteiger partial charge in [-0.15, -0.1) is 0 Å². The topological polar surface area (TPSA) is 35.4 Å². The number of hydrogen-bond donors (Lipinski definition) is 0. The number of halogens is 1. The first-order valence-electron chi connectivity index (χ1n) is 10.6. The van der Waals surface area contributed by atoms with Gasteiger partial charge in [0, 0.05) is 10.8 Å². The molecule has 0 atom stereocenters. The molecule has 7 aromatic rings. The molecule has 154 valence electrons. The summed E-state index contributed by atoms with van der Waals surface area (Å²) >= 11 is 6.74. The molecule has 0 spiro atoms. The Morgan fingerprint density at radius 2 is 1.66 bits per heavy atom. The molecular weight excluding hydrogens is 418 g/mol. The highest BCUT2D eigenvalue weighted by molar-refractivity contribution is 6.32. The molecule has 3 aromatic heterocycles. The van der Waals surface area contributed by atoms with Crippen LogP contribution >= 0.6 is 11.6 Å². The zero-order valence-electron chi connectivity index (χ0n) is 17.6. The maximum atomic E-state index is 6.74. The number of para-hydroxylation sites is 1. The van der Waals surface area contributed by atoms with Crippen LogP contribution in [0.5, 0.6) is 0 Å². The minimum Gasteiger partial charge on any atom is -0.442 e. The van der Waals surface area contributed by atoms with Gasteiger partial charge in [-0.25, -0.2) is 4.98 Å². The molecule has 5 heteroatoms. The molecule has 0 aliphatic carbocycles. The van der Waals surface area contributed by atoms with Crippen LogP contribution in [0.2, 0.25) is 5.22 Å². The Morgan fingerprint density at radius 1 is 0.875 bits per heavy atom. The van der Waals surface area contributed by atoms with Crippen molar-refractivity contribution in [2.45, 2.75) is 13.8 Å². The highest BCUT2D eigenvalue weighted by atomic mass is 35.5. The maximum absolute atomic E-state index is 6.74. The minimum absolute atomic E-state index is 0.356. The predicted molar refractivity (Wildman–Crippen MR) is 131 cm³/mol. The summed E-state index contributed by atoms with van der Waals surface area (Å²) in [6, 6.07) is 25.1. The van der Waals surface area contributed by atoms with Crippen LogP contribution < -0.4 is 0 Å². The molecule has 0 saturated heterocycles. The van der Waals surface area contributed by atoms with Crippen LogP contribution in [0.25, 0.3) is 55.3 Å². The first kappa shape index (κ1) is 17.9. The van der Waals surface area contributed by atoms with E-state index in [2.05, 4.69) is 71.3 Å². The zero-order valence-corrected chi connectivity index (χ0v) is 18.3. The van der Waals surface area contributed by atoms with E-state index in [-0.39, 0.29) is 0 Å². The van der Waals surface area contributed by atoms with Crippen molar-refractivity contribution in [1.29, 1.82) is 0 Å². The highest BCUT2D eigenvalue weighted by Crippen LogP contribution is 2.39. The molecule has 0 radical (unpaired) electrons. The van der Waals surface area contributed by atoms with Gasteiger partial charge in [-0.05, 0) is 72.3 Å². The van der Waals surface area contributed by atoms with Gasteiger partial charge in [-0.3, -0.25) is 8.97 Å². The summed E-state index contributed by atoms with van der Waals surface area (Å²) in [6.07, 6.45) is 0. The molecule has 0 saturated carbocycles. The fraction of sp³-hybridized carbons (Fsp3) is 0.0741. The average molecular weight is 436 g/mol. The van der Waals surface area contributed by atoms with Crippen molar-refractivity contribution in [2.24, 2.45) is 0 Å². The second-order valence-corrected chi connectivity index (χ2v) is 8.75. The molecule has 32 heavy (non-hydrogen) atoms. The molecule has 0 aliphatic heterocycles. The lowest BCUT2D eigenvalue weighted by Crippen LogP contribution is -2.05. The number of imidazole rings is 1. The van der Waals surface area contributed by atoms with Gasteiger partial charge >= 0.3 is 0 Å². The number of hydrogen-bond acceptors (Lipinski definition) is 2.